The highest BCUT2D eigenvalue weighted by Gasteiger charge is 2.44. The number of halogens is 3. The van der Waals surface area contributed by atoms with Crippen LogP contribution in [-0.4, -0.2) is 103 Å². The summed E-state index contributed by atoms with van der Waals surface area (Å²) in [4.78, 5) is 69.0. The molecule has 5 N–H and O–H groups in total. The summed E-state index contributed by atoms with van der Waals surface area (Å²) in [6, 6.07) is 3.76. The average molecular weight is 562 g/mol. The van der Waals surface area contributed by atoms with Gasteiger partial charge in [-0.25, -0.2) is 9.59 Å². The first-order chi connectivity index (χ1) is 18.3. The molecular weight excluding hydrogens is 537 g/mol. The number of piperidine rings is 1. The second kappa shape index (κ2) is 14.1. The topological polar surface area (TPSA) is 201 Å². The summed E-state index contributed by atoms with van der Waals surface area (Å²) in [7, 11) is 0. The molecule has 2 aliphatic rings. The Labute approximate surface area is 218 Å². The van der Waals surface area contributed by atoms with Gasteiger partial charge in [-0.05, 0) is 24.6 Å². The molecule has 0 bridgehead atoms. The Bertz CT molecular complexity index is 1110. The lowest BCUT2D eigenvalue weighted by Crippen LogP contribution is -2.54. The molecule has 1 aromatic rings. The summed E-state index contributed by atoms with van der Waals surface area (Å²) < 4.78 is 42.3. The van der Waals surface area contributed by atoms with Crippen LogP contribution in [0.15, 0.2) is 18.2 Å². The highest BCUT2D eigenvalue weighted by Crippen LogP contribution is 2.29. The Kier molecular flexibility index (Phi) is 11.2. The van der Waals surface area contributed by atoms with Crippen LogP contribution in [0.5, 0.6) is 0 Å². The van der Waals surface area contributed by atoms with Crippen LogP contribution in [0.3, 0.4) is 0 Å². The van der Waals surface area contributed by atoms with Gasteiger partial charge >= 0.3 is 18.2 Å². The predicted molar refractivity (Wildman–Crippen MR) is 123 cm³/mol. The quantitative estimate of drug-likeness (QED) is 0.185. The molecule has 1 fully saturated rings. The average Bonchev–Trinajstić information content (AvgIpc) is 3.09. The monoisotopic (exact) mass is 562 g/mol. The molecule has 2 aliphatic heterocycles. The van der Waals surface area contributed by atoms with E-state index >= 15 is 0 Å². The second-order valence-corrected chi connectivity index (χ2v) is 7.89. The van der Waals surface area contributed by atoms with Crippen LogP contribution >= 0.6 is 0 Å². The van der Waals surface area contributed by atoms with Gasteiger partial charge in [0.25, 0.3) is 11.8 Å². The minimum absolute atomic E-state index is 0.0703. The molecule has 5 amide bonds. The molecule has 214 valence electrons. The number of imide groups is 2. The van der Waals surface area contributed by atoms with E-state index in [0.29, 0.717) is 32.1 Å². The summed E-state index contributed by atoms with van der Waals surface area (Å²) in [5.41, 5.74) is 1.04. The summed E-state index contributed by atoms with van der Waals surface area (Å²) in [5, 5.41) is 23.0. The van der Waals surface area contributed by atoms with E-state index in [4.69, 9.17) is 24.5 Å². The number of alkyl halides is 3. The van der Waals surface area contributed by atoms with Gasteiger partial charge in [-0.3, -0.25) is 29.4 Å². The van der Waals surface area contributed by atoms with Crippen molar-refractivity contribution < 1.29 is 61.6 Å². The normalized spacial score (nSPS) is 16.7. The van der Waals surface area contributed by atoms with Crippen LogP contribution in [0, 0.1) is 0 Å². The zero-order valence-electron chi connectivity index (χ0n) is 20.2. The van der Waals surface area contributed by atoms with Crippen molar-refractivity contribution >= 4 is 41.4 Å². The fourth-order valence-electron chi connectivity index (χ4n) is 3.40. The Hall–Kier alpha value is -4.25. The lowest BCUT2D eigenvalue weighted by Gasteiger charge is -2.27. The summed E-state index contributed by atoms with van der Waals surface area (Å²) >= 11 is 0. The van der Waals surface area contributed by atoms with Crippen LogP contribution in [-0.2, 0) is 23.9 Å². The molecule has 1 unspecified atom stereocenters. The van der Waals surface area contributed by atoms with Crippen LogP contribution in [0.2, 0.25) is 0 Å². The van der Waals surface area contributed by atoms with Gasteiger partial charge in [0, 0.05) is 25.2 Å². The Morgan fingerprint density at radius 1 is 0.974 bits per heavy atom. The number of ether oxygens (including phenoxy) is 2. The third-order valence-corrected chi connectivity index (χ3v) is 5.15. The number of carboxylic acid groups (broad SMARTS) is 2. The second-order valence-electron chi connectivity index (χ2n) is 7.89. The first kappa shape index (κ1) is 31.0. The first-order valence-corrected chi connectivity index (χ1v) is 11.3. The number of benzene rings is 1. The van der Waals surface area contributed by atoms with Gasteiger partial charge in [0.1, 0.15) is 6.04 Å². The molecular formula is C22H25F3N4O10. The predicted octanol–water partition coefficient (Wildman–Crippen LogP) is 0.434. The number of rotatable bonds is 11. The maximum absolute atomic E-state index is 12.8. The molecule has 0 radical (unpaired) electrons. The van der Waals surface area contributed by atoms with Crippen molar-refractivity contribution in [2.75, 3.05) is 44.8 Å². The van der Waals surface area contributed by atoms with Gasteiger partial charge in [0.05, 0.1) is 37.6 Å². The van der Waals surface area contributed by atoms with Gasteiger partial charge in [-0.2, -0.15) is 13.2 Å². The maximum atomic E-state index is 12.8. The highest BCUT2D eigenvalue weighted by molar-refractivity contribution is 6.23. The van der Waals surface area contributed by atoms with Gasteiger partial charge in [0.2, 0.25) is 11.8 Å². The molecule has 0 saturated carbocycles. The molecule has 2 heterocycles. The lowest BCUT2D eigenvalue weighted by atomic mass is 10.0. The van der Waals surface area contributed by atoms with E-state index in [2.05, 4.69) is 16.0 Å². The number of nitrogens with zero attached hydrogens (tertiary/aromatic N) is 1. The van der Waals surface area contributed by atoms with E-state index in [1.54, 1.807) is 12.1 Å². The third kappa shape index (κ3) is 9.22. The highest BCUT2D eigenvalue weighted by atomic mass is 19.4. The molecule has 0 spiro atoms. The standard InChI is InChI=1S/C20H24N4O8.C2HF3O2/c25-16-4-3-15(17(26)23-16)24-18(27)13-2-1-12(11-14(13)19(24)28)21-5-7-31-9-10-32-8-6-22-20(29)30;3-2(4,5)1(6)7/h1-2,11,15,21-22H,3-10H2,(H,29,30)(H,23,25,26);(H,6,7). The molecule has 39 heavy (non-hydrogen) atoms. The fraction of sp³-hybridized carbons (Fsp3) is 0.455. The van der Waals surface area contributed by atoms with Crippen molar-refractivity contribution in [3.63, 3.8) is 0 Å². The Balaban J connectivity index is 0.000000673. The molecule has 14 nitrogen and oxygen atoms in total. The van der Waals surface area contributed by atoms with Gasteiger partial charge in [0.15, 0.2) is 0 Å². The number of aliphatic carboxylic acids is 1. The summed E-state index contributed by atoms with van der Waals surface area (Å²) in [6.07, 6.45) is -6.00. The number of hydrogen-bond acceptors (Lipinski definition) is 9. The van der Waals surface area contributed by atoms with Crippen LogP contribution < -0.4 is 16.0 Å². The number of hydrogen-bond donors (Lipinski definition) is 5. The first-order valence-electron chi connectivity index (χ1n) is 11.3. The molecule has 1 atom stereocenters. The molecule has 0 aromatic heterocycles. The minimum Gasteiger partial charge on any atom is -0.475 e. The number of fused-ring (bicyclic) bond motifs is 1. The van der Waals surface area contributed by atoms with E-state index in [9.17, 15) is 37.1 Å². The van der Waals surface area contributed by atoms with Crippen molar-refractivity contribution in [2.24, 2.45) is 0 Å². The van der Waals surface area contributed by atoms with Crippen molar-refractivity contribution in [1.82, 2.24) is 15.5 Å². The maximum Gasteiger partial charge on any atom is 0.490 e. The van der Waals surface area contributed by atoms with Crippen molar-refractivity contribution in [1.29, 1.82) is 0 Å². The third-order valence-electron chi connectivity index (χ3n) is 5.15. The smallest absolute Gasteiger partial charge is 0.475 e. The van der Waals surface area contributed by atoms with Crippen LogP contribution in [0.25, 0.3) is 0 Å². The Morgan fingerprint density at radius 3 is 2.13 bits per heavy atom. The minimum atomic E-state index is -5.08. The molecule has 3 rings (SSSR count). The number of amides is 5. The van der Waals surface area contributed by atoms with Gasteiger partial charge < -0.3 is 30.3 Å². The molecule has 1 aromatic carbocycles. The number of nitrogens with one attached hydrogen (secondary N) is 3. The van der Waals surface area contributed by atoms with Crippen molar-refractivity contribution in [3.05, 3.63) is 29.3 Å². The zero-order chi connectivity index (χ0) is 29.2. The summed E-state index contributed by atoms with van der Waals surface area (Å²) in [5.74, 6) is -4.93. The zero-order valence-corrected chi connectivity index (χ0v) is 20.2. The van der Waals surface area contributed by atoms with Crippen LogP contribution in [0.4, 0.5) is 23.7 Å². The van der Waals surface area contributed by atoms with Gasteiger partial charge in [-0.15, -0.1) is 0 Å². The SMILES string of the molecule is O=C(O)C(F)(F)F.O=C(O)NCCOCCOCCNc1ccc2c(c1)C(=O)N(C1CCC(=O)NC1=O)C2=O. The Morgan fingerprint density at radius 2 is 1.56 bits per heavy atom. The van der Waals surface area contributed by atoms with E-state index in [-0.39, 0.29) is 37.1 Å². The number of carboxylic acids is 1. The molecule has 0 aliphatic carbocycles. The number of carbonyl (C=O) groups excluding carboxylic acids is 4. The molecule has 1 saturated heterocycles. The molecule has 17 heteroatoms. The van der Waals surface area contributed by atoms with E-state index in [1.165, 1.54) is 6.07 Å². The van der Waals surface area contributed by atoms with E-state index < -0.39 is 47.9 Å². The van der Waals surface area contributed by atoms with Crippen molar-refractivity contribution in [3.8, 4) is 0 Å². The van der Waals surface area contributed by atoms with Crippen LogP contribution in [0.1, 0.15) is 33.6 Å². The largest absolute Gasteiger partial charge is 0.490 e. The van der Waals surface area contributed by atoms with E-state index in [0.717, 1.165) is 4.90 Å². The van der Waals surface area contributed by atoms with Crippen molar-refractivity contribution in [2.45, 2.75) is 25.1 Å². The number of anilines is 1. The van der Waals surface area contributed by atoms with Gasteiger partial charge in [-0.1, -0.05) is 0 Å². The lowest BCUT2D eigenvalue weighted by molar-refractivity contribution is -0.192. The fourth-order valence-corrected chi connectivity index (χ4v) is 3.40. The summed E-state index contributed by atoms with van der Waals surface area (Å²) in [6.45, 7) is 1.93. The van der Waals surface area contributed by atoms with E-state index in [1.807, 2.05) is 0 Å². The number of carbonyl (C=O) groups is 6.